The van der Waals surface area contributed by atoms with Gasteiger partial charge in [-0.1, -0.05) is 66.7 Å². The van der Waals surface area contributed by atoms with E-state index in [2.05, 4.69) is 71.4 Å². The summed E-state index contributed by atoms with van der Waals surface area (Å²) in [4.78, 5) is 2.56. The fourth-order valence-corrected chi connectivity index (χ4v) is 3.37. The molecule has 1 heterocycles. The quantitative estimate of drug-likeness (QED) is 0.745. The van der Waals surface area contributed by atoms with Crippen LogP contribution in [0.3, 0.4) is 0 Å². The van der Waals surface area contributed by atoms with Gasteiger partial charge in [0.25, 0.3) is 0 Å². The van der Waals surface area contributed by atoms with Crippen LogP contribution in [0.5, 0.6) is 0 Å². The van der Waals surface area contributed by atoms with Crippen molar-refractivity contribution in [3.8, 4) is 0 Å². The van der Waals surface area contributed by atoms with Gasteiger partial charge in [0.2, 0.25) is 0 Å². The van der Waals surface area contributed by atoms with E-state index < -0.39 is 0 Å². The van der Waals surface area contributed by atoms with Gasteiger partial charge in [0.05, 0.1) is 13.2 Å². The Morgan fingerprint density at radius 3 is 2.40 bits per heavy atom. The van der Waals surface area contributed by atoms with E-state index >= 15 is 0 Å². The highest BCUT2D eigenvalue weighted by molar-refractivity contribution is 5.15. The number of benzene rings is 2. The Hall–Kier alpha value is -1.94. The third kappa shape index (κ3) is 5.53. The molecule has 1 aliphatic heterocycles. The minimum atomic E-state index is 0.369. The molecule has 1 aliphatic rings. The Balaban J connectivity index is 1.53. The normalized spacial score (nSPS) is 21.1. The van der Waals surface area contributed by atoms with E-state index in [9.17, 15) is 0 Å². The lowest BCUT2D eigenvalue weighted by Gasteiger charge is -2.40. The summed E-state index contributed by atoms with van der Waals surface area (Å²) in [5.74, 6) is 0. The molecule has 1 N–H and O–H groups in total. The first-order valence-electron chi connectivity index (χ1n) is 9.09. The second-order valence-corrected chi connectivity index (χ2v) is 6.70. The van der Waals surface area contributed by atoms with Crippen LogP contribution in [-0.4, -0.2) is 36.7 Å². The van der Waals surface area contributed by atoms with Crippen molar-refractivity contribution in [2.24, 2.45) is 0 Å². The topological polar surface area (TPSA) is 24.5 Å². The molecule has 0 radical (unpaired) electrons. The Kier molecular flexibility index (Phi) is 6.80. The van der Waals surface area contributed by atoms with Crippen molar-refractivity contribution in [2.75, 3.05) is 19.7 Å². The van der Waals surface area contributed by atoms with Gasteiger partial charge in [-0.25, -0.2) is 0 Å². The summed E-state index contributed by atoms with van der Waals surface area (Å²) in [5.41, 5.74) is 2.59. The molecule has 25 heavy (non-hydrogen) atoms. The highest BCUT2D eigenvalue weighted by atomic mass is 16.5. The van der Waals surface area contributed by atoms with Crippen LogP contribution in [0, 0.1) is 0 Å². The van der Waals surface area contributed by atoms with Crippen LogP contribution in [0.2, 0.25) is 0 Å². The first-order valence-corrected chi connectivity index (χ1v) is 9.09. The van der Waals surface area contributed by atoms with E-state index in [1.165, 1.54) is 11.1 Å². The van der Waals surface area contributed by atoms with Gasteiger partial charge in [-0.05, 0) is 17.5 Å². The van der Waals surface area contributed by atoms with E-state index in [1.54, 1.807) is 0 Å². The second kappa shape index (κ2) is 9.52. The number of piperazine rings is 1. The molecule has 3 rings (SSSR count). The van der Waals surface area contributed by atoms with Crippen molar-refractivity contribution >= 4 is 0 Å². The number of rotatable bonds is 8. The number of ether oxygens (including phenoxy) is 1. The predicted octanol–water partition coefficient (Wildman–Crippen LogP) is 3.62. The Morgan fingerprint density at radius 2 is 1.72 bits per heavy atom. The number of hydrogen-bond acceptors (Lipinski definition) is 3. The summed E-state index contributed by atoms with van der Waals surface area (Å²) >= 11 is 0. The monoisotopic (exact) mass is 336 g/mol. The van der Waals surface area contributed by atoms with Crippen LogP contribution in [0.1, 0.15) is 17.5 Å². The van der Waals surface area contributed by atoms with Gasteiger partial charge < -0.3 is 10.1 Å². The molecule has 3 nitrogen and oxygen atoms in total. The van der Waals surface area contributed by atoms with Crippen molar-refractivity contribution in [3.63, 3.8) is 0 Å². The lowest BCUT2D eigenvalue weighted by molar-refractivity contribution is 0.0506. The molecule has 1 fully saturated rings. The molecule has 2 aromatic rings. The molecule has 132 valence electrons. The third-order valence-electron chi connectivity index (χ3n) is 4.71. The minimum absolute atomic E-state index is 0.369. The summed E-state index contributed by atoms with van der Waals surface area (Å²) in [5, 5.41) is 3.64. The summed E-state index contributed by atoms with van der Waals surface area (Å²) in [6, 6.07) is 21.9. The highest BCUT2D eigenvalue weighted by Crippen LogP contribution is 2.16. The van der Waals surface area contributed by atoms with Gasteiger partial charge in [0.15, 0.2) is 0 Å². The van der Waals surface area contributed by atoms with E-state index in [0.717, 1.165) is 32.7 Å². The number of nitrogens with one attached hydrogen (secondary N) is 1. The molecule has 0 bridgehead atoms. The van der Waals surface area contributed by atoms with Crippen LogP contribution >= 0.6 is 0 Å². The Bertz CT molecular complexity index is 629. The zero-order chi connectivity index (χ0) is 17.3. The molecule has 0 saturated carbocycles. The average Bonchev–Trinajstić information content (AvgIpc) is 2.66. The second-order valence-electron chi connectivity index (χ2n) is 6.70. The largest absolute Gasteiger partial charge is 0.375 e. The van der Waals surface area contributed by atoms with E-state index in [-0.39, 0.29) is 0 Å². The summed E-state index contributed by atoms with van der Waals surface area (Å²) < 4.78 is 5.94. The number of hydrogen-bond donors (Lipinski definition) is 1. The van der Waals surface area contributed by atoms with Crippen LogP contribution in [0.25, 0.3) is 0 Å². The first kappa shape index (κ1) is 17.9. The molecule has 3 heteroatoms. The molecule has 1 saturated heterocycles. The SMILES string of the molecule is C=CC[C@@H]1CN[C@@H](COCc2ccccc2)CN1Cc1ccccc1. The Morgan fingerprint density at radius 1 is 1.04 bits per heavy atom. The zero-order valence-corrected chi connectivity index (χ0v) is 14.8. The predicted molar refractivity (Wildman–Crippen MR) is 103 cm³/mol. The molecule has 2 atom stereocenters. The standard InChI is InChI=1S/C22H28N2O/c1-2-9-22-14-23-21(18-25-17-20-12-7-4-8-13-20)16-24(22)15-19-10-5-3-6-11-19/h2-8,10-13,21-23H,1,9,14-18H2/t21-,22-/m1/s1. The molecular formula is C22H28N2O. The van der Waals surface area contributed by atoms with E-state index in [4.69, 9.17) is 4.74 Å². The lowest BCUT2D eigenvalue weighted by Crippen LogP contribution is -2.57. The Labute approximate surface area is 151 Å². The van der Waals surface area contributed by atoms with Gasteiger partial charge >= 0.3 is 0 Å². The van der Waals surface area contributed by atoms with Crippen molar-refractivity contribution in [1.29, 1.82) is 0 Å². The van der Waals surface area contributed by atoms with Gasteiger partial charge in [-0.3, -0.25) is 4.90 Å². The maximum Gasteiger partial charge on any atom is 0.0717 e. The van der Waals surface area contributed by atoms with Gasteiger partial charge in [0.1, 0.15) is 0 Å². The van der Waals surface area contributed by atoms with Crippen LogP contribution in [0.4, 0.5) is 0 Å². The van der Waals surface area contributed by atoms with Gasteiger partial charge in [-0.15, -0.1) is 6.58 Å². The fourth-order valence-electron chi connectivity index (χ4n) is 3.37. The average molecular weight is 336 g/mol. The molecule has 0 aromatic heterocycles. The lowest BCUT2D eigenvalue weighted by atomic mass is 10.0. The maximum atomic E-state index is 5.94. The first-order chi connectivity index (χ1) is 12.3. The van der Waals surface area contributed by atoms with Crippen molar-refractivity contribution in [3.05, 3.63) is 84.4 Å². The zero-order valence-electron chi connectivity index (χ0n) is 14.8. The minimum Gasteiger partial charge on any atom is -0.375 e. The molecule has 0 amide bonds. The summed E-state index contributed by atoms with van der Waals surface area (Å²) in [7, 11) is 0. The van der Waals surface area contributed by atoms with Crippen molar-refractivity contribution < 1.29 is 4.74 Å². The van der Waals surface area contributed by atoms with Crippen LogP contribution in [0.15, 0.2) is 73.3 Å². The highest BCUT2D eigenvalue weighted by Gasteiger charge is 2.27. The third-order valence-corrected chi connectivity index (χ3v) is 4.71. The van der Waals surface area contributed by atoms with E-state index in [1.807, 2.05) is 12.1 Å². The smallest absolute Gasteiger partial charge is 0.0717 e. The van der Waals surface area contributed by atoms with Crippen molar-refractivity contribution in [2.45, 2.75) is 31.7 Å². The number of nitrogens with zero attached hydrogens (tertiary/aromatic N) is 1. The van der Waals surface area contributed by atoms with E-state index in [0.29, 0.717) is 18.7 Å². The fraction of sp³-hybridized carbons (Fsp3) is 0.364. The molecular weight excluding hydrogens is 308 g/mol. The molecule has 0 aliphatic carbocycles. The van der Waals surface area contributed by atoms with Gasteiger partial charge in [-0.2, -0.15) is 0 Å². The van der Waals surface area contributed by atoms with Gasteiger partial charge in [0, 0.05) is 31.7 Å². The van der Waals surface area contributed by atoms with Crippen molar-refractivity contribution in [1.82, 2.24) is 10.2 Å². The summed E-state index contributed by atoms with van der Waals surface area (Å²) in [6.45, 7) is 8.30. The van der Waals surface area contributed by atoms with Crippen LogP contribution in [-0.2, 0) is 17.9 Å². The maximum absolute atomic E-state index is 5.94. The molecule has 0 spiro atoms. The molecule has 0 unspecified atom stereocenters. The summed E-state index contributed by atoms with van der Waals surface area (Å²) in [6.07, 6.45) is 3.04. The van der Waals surface area contributed by atoms with Crippen LogP contribution < -0.4 is 5.32 Å². The molecule has 2 aromatic carbocycles.